The second-order valence-corrected chi connectivity index (χ2v) is 4.96. The highest BCUT2D eigenvalue weighted by molar-refractivity contribution is 5.97. The van der Waals surface area contributed by atoms with Gasteiger partial charge in [0.2, 0.25) is 0 Å². The van der Waals surface area contributed by atoms with Crippen molar-refractivity contribution in [2.24, 2.45) is 5.92 Å². The van der Waals surface area contributed by atoms with Crippen molar-refractivity contribution in [2.45, 2.75) is 39.2 Å². The first kappa shape index (κ1) is 13.5. The maximum Gasteiger partial charge on any atom is 0.326 e. The van der Waals surface area contributed by atoms with Crippen molar-refractivity contribution < 1.29 is 14.7 Å². The Morgan fingerprint density at radius 2 is 2.16 bits per heavy atom. The normalized spacial score (nSPS) is 15.9. The van der Waals surface area contributed by atoms with E-state index >= 15 is 0 Å². The zero-order valence-electron chi connectivity index (χ0n) is 11.0. The Hall–Kier alpha value is -1.98. The summed E-state index contributed by atoms with van der Waals surface area (Å²) >= 11 is 0. The molecular formula is C13H17N3O3. The Balaban J connectivity index is 2.07. The molecule has 6 nitrogen and oxygen atoms in total. The van der Waals surface area contributed by atoms with Gasteiger partial charge in [-0.1, -0.05) is 12.8 Å². The predicted molar refractivity (Wildman–Crippen MR) is 67.7 cm³/mol. The first-order chi connectivity index (χ1) is 8.97. The van der Waals surface area contributed by atoms with Gasteiger partial charge in [0.1, 0.15) is 11.9 Å². The summed E-state index contributed by atoms with van der Waals surface area (Å²) in [6.07, 6.45) is 4.02. The van der Waals surface area contributed by atoms with E-state index in [1.165, 1.54) is 6.20 Å². The fourth-order valence-corrected chi connectivity index (χ4v) is 1.95. The maximum atomic E-state index is 12.0. The lowest BCUT2D eigenvalue weighted by atomic mass is 10.1. The van der Waals surface area contributed by atoms with E-state index in [4.69, 9.17) is 5.11 Å². The third-order valence-electron chi connectivity index (χ3n) is 3.21. The molecule has 0 spiro atoms. The Morgan fingerprint density at radius 1 is 1.47 bits per heavy atom. The summed E-state index contributed by atoms with van der Waals surface area (Å²) < 4.78 is 0. The van der Waals surface area contributed by atoms with Crippen molar-refractivity contribution in [1.82, 2.24) is 15.3 Å². The summed E-state index contributed by atoms with van der Waals surface area (Å²) in [5.74, 6) is -0.407. The number of aliphatic carboxylic acids is 1. The van der Waals surface area contributed by atoms with E-state index in [2.05, 4.69) is 15.3 Å². The zero-order valence-corrected chi connectivity index (χ0v) is 11.0. The molecule has 1 heterocycles. The van der Waals surface area contributed by atoms with Gasteiger partial charge in [0.15, 0.2) is 0 Å². The molecule has 1 unspecified atom stereocenters. The van der Waals surface area contributed by atoms with Crippen molar-refractivity contribution in [3.05, 3.63) is 23.3 Å². The molecule has 2 rings (SSSR count). The van der Waals surface area contributed by atoms with Gasteiger partial charge in [0.25, 0.3) is 5.91 Å². The lowest BCUT2D eigenvalue weighted by Gasteiger charge is -2.14. The molecule has 1 atom stereocenters. The lowest BCUT2D eigenvalue weighted by molar-refractivity contribution is -0.139. The number of amides is 1. The van der Waals surface area contributed by atoms with Crippen LogP contribution in [0.5, 0.6) is 0 Å². The maximum absolute atomic E-state index is 12.0. The highest BCUT2D eigenvalue weighted by Crippen LogP contribution is 2.33. The van der Waals surface area contributed by atoms with E-state index in [9.17, 15) is 9.59 Å². The Morgan fingerprint density at radius 3 is 2.68 bits per heavy atom. The third kappa shape index (κ3) is 3.49. The van der Waals surface area contributed by atoms with Crippen LogP contribution >= 0.6 is 0 Å². The average molecular weight is 263 g/mol. The van der Waals surface area contributed by atoms with Crippen LogP contribution in [-0.2, 0) is 4.79 Å². The van der Waals surface area contributed by atoms with Crippen molar-refractivity contribution in [2.75, 3.05) is 0 Å². The number of nitrogens with one attached hydrogen (secondary N) is 1. The summed E-state index contributed by atoms with van der Waals surface area (Å²) in [7, 11) is 0. The number of hydrogen-bond acceptors (Lipinski definition) is 4. The smallest absolute Gasteiger partial charge is 0.326 e. The number of hydrogen-bond donors (Lipinski definition) is 2. The second-order valence-electron chi connectivity index (χ2n) is 4.96. The van der Waals surface area contributed by atoms with Crippen LogP contribution < -0.4 is 5.32 Å². The predicted octanol–water partition coefficient (Wildman–Crippen LogP) is 1.08. The number of carbonyl (C=O) groups is 2. The van der Waals surface area contributed by atoms with Crippen LogP contribution in [0.15, 0.2) is 6.20 Å². The quantitative estimate of drug-likeness (QED) is 0.829. The molecule has 0 aromatic carbocycles. The number of aryl methyl sites for hydroxylation is 2. The fourth-order valence-electron chi connectivity index (χ4n) is 1.95. The fraction of sp³-hybridized carbons (Fsp3) is 0.538. The average Bonchev–Trinajstić information content (AvgIpc) is 3.11. The number of nitrogens with zero attached hydrogens (tertiary/aromatic N) is 2. The first-order valence-electron chi connectivity index (χ1n) is 6.31. The minimum atomic E-state index is -0.995. The van der Waals surface area contributed by atoms with Crippen LogP contribution in [-0.4, -0.2) is 33.0 Å². The van der Waals surface area contributed by atoms with E-state index in [1.807, 2.05) is 0 Å². The Kier molecular flexibility index (Phi) is 3.78. The molecule has 6 heteroatoms. The molecule has 1 saturated carbocycles. The molecule has 1 aliphatic rings. The van der Waals surface area contributed by atoms with E-state index in [-0.39, 0.29) is 0 Å². The molecule has 1 aliphatic carbocycles. The molecule has 1 amide bonds. The van der Waals surface area contributed by atoms with E-state index in [1.54, 1.807) is 13.8 Å². The summed E-state index contributed by atoms with van der Waals surface area (Å²) in [6.45, 7) is 3.45. The number of rotatable bonds is 5. The lowest BCUT2D eigenvalue weighted by Crippen LogP contribution is -2.41. The molecule has 0 radical (unpaired) electrons. The molecule has 102 valence electrons. The Labute approximate surface area is 111 Å². The summed E-state index contributed by atoms with van der Waals surface area (Å²) in [5, 5.41) is 11.7. The minimum absolute atomic E-state index is 0.327. The summed E-state index contributed by atoms with van der Waals surface area (Å²) in [6, 6.07) is -0.833. The number of carboxylic acid groups (broad SMARTS) is 1. The van der Waals surface area contributed by atoms with Crippen LogP contribution in [0.25, 0.3) is 0 Å². The van der Waals surface area contributed by atoms with Gasteiger partial charge in [0, 0.05) is 6.20 Å². The standard InChI is InChI=1S/C13H17N3O3/c1-7-10(6-14-8(2)15-7)12(17)16-11(13(18)19)5-9-3-4-9/h6,9,11H,3-5H2,1-2H3,(H,16,17)(H,18,19). The SMILES string of the molecule is Cc1ncc(C(=O)NC(CC2CC2)C(=O)O)c(C)n1. The van der Waals surface area contributed by atoms with Gasteiger partial charge in [-0.15, -0.1) is 0 Å². The number of carboxylic acids is 1. The molecule has 19 heavy (non-hydrogen) atoms. The van der Waals surface area contributed by atoms with Gasteiger partial charge >= 0.3 is 5.97 Å². The van der Waals surface area contributed by atoms with Gasteiger partial charge in [-0.3, -0.25) is 4.79 Å². The topological polar surface area (TPSA) is 92.2 Å². The van der Waals surface area contributed by atoms with Gasteiger partial charge in [0.05, 0.1) is 11.3 Å². The number of aromatic nitrogens is 2. The molecular weight excluding hydrogens is 246 g/mol. The van der Waals surface area contributed by atoms with Gasteiger partial charge < -0.3 is 10.4 Å². The van der Waals surface area contributed by atoms with Crippen LogP contribution in [0.3, 0.4) is 0 Å². The van der Waals surface area contributed by atoms with Crippen molar-refractivity contribution in [1.29, 1.82) is 0 Å². The number of carbonyl (C=O) groups excluding carboxylic acids is 1. The van der Waals surface area contributed by atoms with Crippen LogP contribution in [0.2, 0.25) is 0 Å². The van der Waals surface area contributed by atoms with Gasteiger partial charge in [-0.25, -0.2) is 14.8 Å². The first-order valence-corrected chi connectivity index (χ1v) is 6.31. The van der Waals surface area contributed by atoms with E-state index in [0.717, 1.165) is 12.8 Å². The van der Waals surface area contributed by atoms with Crippen LogP contribution in [0, 0.1) is 19.8 Å². The van der Waals surface area contributed by atoms with Crippen molar-refractivity contribution in [3.8, 4) is 0 Å². The third-order valence-corrected chi connectivity index (χ3v) is 3.21. The van der Waals surface area contributed by atoms with Crippen LogP contribution in [0.1, 0.15) is 41.1 Å². The Bertz CT molecular complexity index is 512. The molecule has 1 aromatic rings. The molecule has 0 aliphatic heterocycles. The van der Waals surface area contributed by atoms with E-state index in [0.29, 0.717) is 29.4 Å². The molecule has 0 saturated heterocycles. The summed E-state index contributed by atoms with van der Waals surface area (Å²) in [5.41, 5.74) is 0.883. The van der Waals surface area contributed by atoms with Gasteiger partial charge in [-0.2, -0.15) is 0 Å². The zero-order chi connectivity index (χ0) is 14.0. The van der Waals surface area contributed by atoms with Crippen molar-refractivity contribution >= 4 is 11.9 Å². The second kappa shape index (κ2) is 5.34. The highest BCUT2D eigenvalue weighted by atomic mass is 16.4. The van der Waals surface area contributed by atoms with Crippen LogP contribution in [0.4, 0.5) is 0 Å². The minimum Gasteiger partial charge on any atom is -0.480 e. The highest BCUT2D eigenvalue weighted by Gasteiger charge is 2.30. The van der Waals surface area contributed by atoms with E-state index < -0.39 is 17.9 Å². The summed E-state index contributed by atoms with van der Waals surface area (Å²) in [4.78, 5) is 31.2. The molecule has 1 fully saturated rings. The molecule has 2 N–H and O–H groups in total. The van der Waals surface area contributed by atoms with Crippen molar-refractivity contribution in [3.63, 3.8) is 0 Å². The molecule has 1 aromatic heterocycles. The monoisotopic (exact) mass is 263 g/mol. The largest absolute Gasteiger partial charge is 0.480 e. The van der Waals surface area contributed by atoms with Gasteiger partial charge in [-0.05, 0) is 26.2 Å². The molecule has 0 bridgehead atoms.